The molecular formula is C24H23N5O2. The van der Waals surface area contributed by atoms with Crippen molar-refractivity contribution in [1.82, 2.24) is 15.3 Å². The first-order chi connectivity index (χ1) is 15.1. The number of hydrogen-bond acceptors (Lipinski definition) is 6. The normalized spacial score (nSPS) is 20.5. The van der Waals surface area contributed by atoms with Gasteiger partial charge in [-0.25, -0.2) is 9.78 Å². The molecular weight excluding hydrogens is 390 g/mol. The average Bonchev–Trinajstić information content (AvgIpc) is 3.45. The van der Waals surface area contributed by atoms with Gasteiger partial charge in [-0.05, 0) is 66.6 Å². The lowest BCUT2D eigenvalue weighted by Gasteiger charge is -2.14. The molecule has 6 rings (SSSR count). The Kier molecular flexibility index (Phi) is 4.09. The van der Waals surface area contributed by atoms with Gasteiger partial charge in [0, 0.05) is 29.6 Å². The number of amides is 1. The first-order valence-electron chi connectivity index (χ1n) is 10.7. The zero-order valence-electron chi connectivity index (χ0n) is 17.2. The van der Waals surface area contributed by atoms with E-state index < -0.39 is 0 Å². The van der Waals surface area contributed by atoms with Crippen LogP contribution in [0.1, 0.15) is 40.3 Å². The molecule has 0 saturated carbocycles. The van der Waals surface area contributed by atoms with Crippen LogP contribution in [0.15, 0.2) is 42.6 Å². The summed E-state index contributed by atoms with van der Waals surface area (Å²) in [6.07, 6.45) is 5.57. The summed E-state index contributed by atoms with van der Waals surface area (Å²) < 4.78 is 5.34. The molecule has 2 heterocycles. The van der Waals surface area contributed by atoms with Crippen molar-refractivity contribution in [2.45, 2.75) is 44.8 Å². The lowest BCUT2D eigenvalue weighted by molar-refractivity contribution is 0.136. The molecule has 31 heavy (non-hydrogen) atoms. The number of fused-ring (bicyclic) bond motifs is 4. The molecule has 2 aliphatic carbocycles. The van der Waals surface area contributed by atoms with Gasteiger partial charge in [0.15, 0.2) is 0 Å². The predicted octanol–water partition coefficient (Wildman–Crippen LogP) is 4.47. The summed E-state index contributed by atoms with van der Waals surface area (Å²) in [5.41, 5.74) is 8.11. The van der Waals surface area contributed by atoms with Gasteiger partial charge in [-0.15, -0.1) is 0 Å². The van der Waals surface area contributed by atoms with Crippen LogP contribution in [0, 0.1) is 6.92 Å². The first-order valence-corrected chi connectivity index (χ1v) is 10.7. The third-order valence-corrected chi connectivity index (χ3v) is 6.43. The van der Waals surface area contributed by atoms with Crippen molar-refractivity contribution in [3.05, 3.63) is 70.4 Å². The second-order valence-electron chi connectivity index (χ2n) is 8.46. The van der Waals surface area contributed by atoms with E-state index in [0.717, 1.165) is 47.6 Å². The molecule has 3 aromatic rings. The number of anilines is 4. The quantitative estimate of drug-likeness (QED) is 0.585. The van der Waals surface area contributed by atoms with Crippen LogP contribution in [0.25, 0.3) is 0 Å². The second kappa shape index (κ2) is 6.97. The Labute approximate surface area is 180 Å². The van der Waals surface area contributed by atoms with Crippen molar-refractivity contribution >= 4 is 29.2 Å². The number of ether oxygens (including phenoxy) is 1. The molecule has 2 atom stereocenters. The van der Waals surface area contributed by atoms with E-state index in [4.69, 9.17) is 9.72 Å². The maximum atomic E-state index is 11.6. The number of hydrogen-bond donors (Lipinski definition) is 3. The Hall–Kier alpha value is -3.61. The van der Waals surface area contributed by atoms with E-state index in [1.807, 2.05) is 19.2 Å². The number of carbonyl (C=O) groups is 1. The molecule has 156 valence electrons. The summed E-state index contributed by atoms with van der Waals surface area (Å²) in [6.45, 7) is 2.01. The fraction of sp³-hybridized carbons (Fsp3) is 0.292. The van der Waals surface area contributed by atoms with Crippen LogP contribution in [-0.2, 0) is 24.0 Å². The smallest absolute Gasteiger partial charge is 0.408 e. The first kappa shape index (κ1) is 18.2. The fourth-order valence-corrected chi connectivity index (χ4v) is 4.88. The molecule has 1 aromatic heterocycles. The van der Waals surface area contributed by atoms with Gasteiger partial charge in [0.25, 0.3) is 0 Å². The number of aromatic nitrogens is 2. The van der Waals surface area contributed by atoms with Crippen molar-refractivity contribution in [1.29, 1.82) is 0 Å². The molecule has 1 saturated heterocycles. The molecule has 1 fully saturated rings. The van der Waals surface area contributed by atoms with E-state index in [1.165, 1.54) is 23.1 Å². The fourth-order valence-electron chi connectivity index (χ4n) is 4.88. The van der Waals surface area contributed by atoms with E-state index in [9.17, 15) is 4.79 Å². The van der Waals surface area contributed by atoms with Crippen LogP contribution in [0.4, 0.5) is 27.9 Å². The Morgan fingerprint density at radius 3 is 3.00 bits per heavy atom. The van der Waals surface area contributed by atoms with Gasteiger partial charge in [-0.3, -0.25) is 0 Å². The number of benzene rings is 2. The standard InChI is InChI=1S/C24H23N5O2/c1-13-12-25-23(29-22(13)27-19-7-3-5-14-4-2-6-17(14)19)26-16-9-8-15-10-20-21(18(15)11-16)28-24(30)31-20/h3,5,7-9,11-12,20-21H,2,4,6,10H2,1H3,(H,28,30)(H2,25,26,27,29)/t20-,21+/m0/s1. The van der Waals surface area contributed by atoms with E-state index in [1.54, 1.807) is 0 Å². The predicted molar refractivity (Wildman–Crippen MR) is 118 cm³/mol. The van der Waals surface area contributed by atoms with Crippen molar-refractivity contribution in [3.63, 3.8) is 0 Å². The lowest BCUT2D eigenvalue weighted by atomic mass is 10.1. The van der Waals surface area contributed by atoms with Crippen molar-refractivity contribution in [2.24, 2.45) is 0 Å². The summed E-state index contributed by atoms with van der Waals surface area (Å²) in [7, 11) is 0. The summed E-state index contributed by atoms with van der Waals surface area (Å²) in [5, 5.41) is 9.73. The number of carbonyl (C=O) groups excluding carboxylic acids is 1. The number of rotatable bonds is 4. The second-order valence-corrected chi connectivity index (χ2v) is 8.46. The van der Waals surface area contributed by atoms with E-state index in [-0.39, 0.29) is 18.2 Å². The van der Waals surface area contributed by atoms with E-state index >= 15 is 0 Å². The van der Waals surface area contributed by atoms with E-state index in [0.29, 0.717) is 5.95 Å². The van der Waals surface area contributed by atoms with Crippen LogP contribution in [-0.4, -0.2) is 22.2 Å². The Balaban J connectivity index is 1.26. The monoisotopic (exact) mass is 413 g/mol. The molecule has 1 amide bonds. The molecule has 2 aromatic carbocycles. The van der Waals surface area contributed by atoms with Crippen molar-refractivity contribution in [3.8, 4) is 0 Å². The number of alkyl carbamates (subject to hydrolysis) is 1. The lowest BCUT2D eigenvalue weighted by Crippen LogP contribution is -2.18. The van der Waals surface area contributed by atoms with Crippen molar-refractivity contribution in [2.75, 3.05) is 10.6 Å². The van der Waals surface area contributed by atoms with E-state index in [2.05, 4.69) is 51.3 Å². The minimum atomic E-state index is -0.344. The topological polar surface area (TPSA) is 88.2 Å². The largest absolute Gasteiger partial charge is 0.443 e. The third kappa shape index (κ3) is 3.17. The molecule has 7 nitrogen and oxygen atoms in total. The maximum absolute atomic E-state index is 11.6. The van der Waals surface area contributed by atoms with Crippen LogP contribution in [0.3, 0.4) is 0 Å². The highest BCUT2D eigenvalue weighted by Crippen LogP contribution is 2.38. The summed E-state index contributed by atoms with van der Waals surface area (Å²) in [6, 6.07) is 12.5. The van der Waals surface area contributed by atoms with Crippen LogP contribution < -0.4 is 16.0 Å². The Morgan fingerprint density at radius 2 is 2.06 bits per heavy atom. The molecule has 0 radical (unpaired) electrons. The minimum absolute atomic E-state index is 0.0828. The molecule has 7 heteroatoms. The van der Waals surface area contributed by atoms with Gasteiger partial charge in [0.2, 0.25) is 5.95 Å². The molecule has 0 bridgehead atoms. The minimum Gasteiger partial charge on any atom is -0.443 e. The van der Waals surface area contributed by atoms with Gasteiger partial charge in [-0.1, -0.05) is 18.2 Å². The zero-order chi connectivity index (χ0) is 20.9. The van der Waals surface area contributed by atoms with Gasteiger partial charge in [0.1, 0.15) is 11.9 Å². The summed E-state index contributed by atoms with van der Waals surface area (Å²) in [5.74, 6) is 1.33. The molecule has 0 spiro atoms. The Bertz CT molecular complexity index is 1210. The summed E-state index contributed by atoms with van der Waals surface area (Å²) in [4.78, 5) is 20.8. The summed E-state index contributed by atoms with van der Waals surface area (Å²) >= 11 is 0. The number of aryl methyl sites for hydroxylation is 2. The van der Waals surface area contributed by atoms with Gasteiger partial charge < -0.3 is 20.7 Å². The number of nitrogens with zero attached hydrogens (tertiary/aromatic N) is 2. The molecule has 3 N–H and O–H groups in total. The number of nitrogens with one attached hydrogen (secondary N) is 3. The SMILES string of the molecule is Cc1cnc(Nc2ccc3c(c2)[C@H]2NC(=O)O[C@H]2C3)nc1Nc1cccc2c1CCC2. The molecule has 3 aliphatic rings. The van der Waals surface area contributed by atoms with Crippen LogP contribution >= 0.6 is 0 Å². The molecule has 0 unspecified atom stereocenters. The maximum Gasteiger partial charge on any atom is 0.408 e. The zero-order valence-corrected chi connectivity index (χ0v) is 17.2. The highest BCUT2D eigenvalue weighted by molar-refractivity contribution is 5.73. The van der Waals surface area contributed by atoms with Crippen LogP contribution in [0.2, 0.25) is 0 Å². The average molecular weight is 413 g/mol. The van der Waals surface area contributed by atoms with Gasteiger partial charge >= 0.3 is 6.09 Å². The Morgan fingerprint density at radius 1 is 1.13 bits per heavy atom. The third-order valence-electron chi connectivity index (χ3n) is 6.43. The van der Waals surface area contributed by atoms with Crippen LogP contribution in [0.5, 0.6) is 0 Å². The molecule has 1 aliphatic heterocycles. The highest BCUT2D eigenvalue weighted by Gasteiger charge is 2.41. The van der Waals surface area contributed by atoms with Gasteiger partial charge in [-0.2, -0.15) is 4.98 Å². The highest BCUT2D eigenvalue weighted by atomic mass is 16.6. The van der Waals surface area contributed by atoms with Crippen molar-refractivity contribution < 1.29 is 9.53 Å². The van der Waals surface area contributed by atoms with Gasteiger partial charge in [0.05, 0.1) is 6.04 Å².